The minimum Gasteiger partial charge on any atom is -0.374 e. The van der Waals surface area contributed by atoms with Gasteiger partial charge >= 0.3 is 0 Å². The fraction of sp³-hybridized carbons (Fsp3) is 0.0952. The molecule has 4 heteroatoms. The molecule has 124 valence electrons. The minimum absolute atomic E-state index is 0.110. The highest BCUT2D eigenvalue weighted by molar-refractivity contribution is 5.86. The second kappa shape index (κ2) is 6.40. The minimum atomic E-state index is -0.255. The molecule has 2 N–H and O–H groups in total. The van der Waals surface area contributed by atoms with E-state index in [2.05, 4.69) is 34.3 Å². The molecule has 2 heterocycles. The fourth-order valence-electron chi connectivity index (χ4n) is 3.29. The summed E-state index contributed by atoms with van der Waals surface area (Å²) in [6.07, 6.45) is 3.56. The Bertz CT molecular complexity index is 1010. The van der Waals surface area contributed by atoms with Gasteiger partial charge in [-0.15, -0.1) is 0 Å². The summed E-state index contributed by atoms with van der Waals surface area (Å²) in [5.41, 5.74) is 5.16. The summed E-state index contributed by atoms with van der Waals surface area (Å²) in [4.78, 5) is 7.56. The number of pyridine rings is 1. The predicted octanol–water partition coefficient (Wildman–Crippen LogP) is 5.21. The Kier molecular flexibility index (Phi) is 3.94. The van der Waals surface area contributed by atoms with E-state index in [1.165, 1.54) is 12.1 Å². The number of anilines is 1. The second-order valence-corrected chi connectivity index (χ2v) is 6.08. The molecule has 1 atom stereocenters. The SMILES string of the molecule is Cc1[nH]c2ccccc2c1C(Nc1cccc(F)c1)c1ccncc1. The first-order valence-electron chi connectivity index (χ1n) is 8.21. The molecule has 0 bridgehead atoms. The van der Waals surface area contributed by atoms with Gasteiger partial charge in [0.2, 0.25) is 0 Å². The van der Waals surface area contributed by atoms with E-state index in [9.17, 15) is 4.39 Å². The van der Waals surface area contributed by atoms with Crippen molar-refractivity contribution in [3.63, 3.8) is 0 Å². The van der Waals surface area contributed by atoms with Crippen LogP contribution in [0.15, 0.2) is 73.1 Å². The highest BCUT2D eigenvalue weighted by atomic mass is 19.1. The van der Waals surface area contributed by atoms with E-state index >= 15 is 0 Å². The average Bonchev–Trinajstić information content (AvgIpc) is 2.96. The number of aromatic amines is 1. The van der Waals surface area contributed by atoms with Crippen molar-refractivity contribution in [2.24, 2.45) is 0 Å². The standard InChI is InChI=1S/C21H18FN3/c1-14-20(18-7-2-3-8-19(18)24-14)21(15-9-11-23-12-10-15)25-17-6-4-5-16(22)13-17/h2-13,21,24-25H,1H3. The Balaban J connectivity index is 1.87. The van der Waals surface area contributed by atoms with Crippen LogP contribution in [0.1, 0.15) is 22.9 Å². The molecule has 4 aromatic rings. The van der Waals surface area contributed by atoms with Crippen molar-refractivity contribution in [1.82, 2.24) is 9.97 Å². The van der Waals surface area contributed by atoms with Gasteiger partial charge in [0.05, 0.1) is 6.04 Å². The van der Waals surface area contributed by atoms with E-state index in [0.717, 1.165) is 33.4 Å². The Morgan fingerprint density at radius 3 is 2.60 bits per heavy atom. The monoisotopic (exact) mass is 331 g/mol. The first-order chi connectivity index (χ1) is 12.2. The summed E-state index contributed by atoms with van der Waals surface area (Å²) in [5, 5.41) is 4.64. The van der Waals surface area contributed by atoms with Crippen molar-refractivity contribution >= 4 is 16.6 Å². The molecule has 0 spiro atoms. The molecular formula is C21H18FN3. The summed E-state index contributed by atoms with van der Waals surface area (Å²) < 4.78 is 13.6. The van der Waals surface area contributed by atoms with Gasteiger partial charge in [-0.2, -0.15) is 0 Å². The number of hydrogen-bond acceptors (Lipinski definition) is 2. The smallest absolute Gasteiger partial charge is 0.125 e. The third kappa shape index (κ3) is 2.98. The van der Waals surface area contributed by atoms with Gasteiger partial charge in [0, 0.05) is 40.2 Å². The number of benzene rings is 2. The van der Waals surface area contributed by atoms with E-state index in [4.69, 9.17) is 0 Å². The van der Waals surface area contributed by atoms with Crippen LogP contribution >= 0.6 is 0 Å². The van der Waals surface area contributed by atoms with Crippen molar-refractivity contribution in [3.8, 4) is 0 Å². The van der Waals surface area contributed by atoms with Gasteiger partial charge in [0.1, 0.15) is 5.82 Å². The zero-order chi connectivity index (χ0) is 17.2. The molecule has 0 saturated carbocycles. The first-order valence-corrected chi connectivity index (χ1v) is 8.21. The summed E-state index contributed by atoms with van der Waals surface area (Å²) in [5.74, 6) is -0.255. The number of fused-ring (bicyclic) bond motifs is 1. The van der Waals surface area contributed by atoms with Gasteiger partial charge in [0.25, 0.3) is 0 Å². The van der Waals surface area contributed by atoms with Crippen LogP contribution in [0, 0.1) is 12.7 Å². The number of hydrogen-bond donors (Lipinski definition) is 2. The van der Waals surface area contributed by atoms with E-state index in [-0.39, 0.29) is 11.9 Å². The third-order valence-corrected chi connectivity index (χ3v) is 4.41. The van der Waals surface area contributed by atoms with E-state index in [0.29, 0.717) is 0 Å². The fourth-order valence-corrected chi connectivity index (χ4v) is 3.29. The number of nitrogens with zero attached hydrogens (tertiary/aromatic N) is 1. The van der Waals surface area contributed by atoms with Gasteiger partial charge in [-0.3, -0.25) is 4.98 Å². The number of para-hydroxylation sites is 1. The molecule has 4 rings (SSSR count). The maximum Gasteiger partial charge on any atom is 0.125 e. The molecule has 1 unspecified atom stereocenters. The molecule has 0 fully saturated rings. The summed E-state index contributed by atoms with van der Waals surface area (Å²) in [7, 11) is 0. The first kappa shape index (κ1) is 15.4. The van der Waals surface area contributed by atoms with E-state index < -0.39 is 0 Å². The summed E-state index contributed by atoms with van der Waals surface area (Å²) in [6.45, 7) is 2.07. The van der Waals surface area contributed by atoms with Crippen LogP contribution < -0.4 is 5.32 Å². The molecule has 0 aliphatic carbocycles. The normalized spacial score (nSPS) is 12.2. The zero-order valence-corrected chi connectivity index (χ0v) is 13.8. The van der Waals surface area contributed by atoms with Crippen molar-refractivity contribution < 1.29 is 4.39 Å². The highest BCUT2D eigenvalue weighted by Gasteiger charge is 2.21. The van der Waals surface area contributed by atoms with Crippen LogP contribution in [0.3, 0.4) is 0 Å². The van der Waals surface area contributed by atoms with Crippen molar-refractivity contribution in [3.05, 3.63) is 95.7 Å². The number of aryl methyl sites for hydroxylation is 1. The molecule has 25 heavy (non-hydrogen) atoms. The zero-order valence-electron chi connectivity index (χ0n) is 13.8. The van der Waals surface area contributed by atoms with Gasteiger partial charge in [-0.1, -0.05) is 24.3 Å². The quantitative estimate of drug-likeness (QED) is 0.539. The van der Waals surface area contributed by atoms with Crippen LogP contribution in [0.25, 0.3) is 10.9 Å². The third-order valence-electron chi connectivity index (χ3n) is 4.41. The molecule has 2 aromatic carbocycles. The van der Waals surface area contributed by atoms with Crippen LogP contribution in [-0.4, -0.2) is 9.97 Å². The number of H-pyrrole nitrogens is 1. The number of halogens is 1. The molecule has 0 radical (unpaired) electrons. The van der Waals surface area contributed by atoms with Crippen molar-refractivity contribution in [1.29, 1.82) is 0 Å². The van der Waals surface area contributed by atoms with Gasteiger partial charge < -0.3 is 10.3 Å². The van der Waals surface area contributed by atoms with Crippen LogP contribution in [0.4, 0.5) is 10.1 Å². The van der Waals surface area contributed by atoms with Gasteiger partial charge in [-0.25, -0.2) is 4.39 Å². The topological polar surface area (TPSA) is 40.7 Å². The Labute approximate surface area is 145 Å². The Morgan fingerprint density at radius 1 is 1.00 bits per heavy atom. The predicted molar refractivity (Wildman–Crippen MR) is 99.1 cm³/mol. The molecule has 2 aromatic heterocycles. The van der Waals surface area contributed by atoms with Crippen LogP contribution in [0.5, 0.6) is 0 Å². The molecule has 0 amide bonds. The average molecular weight is 331 g/mol. The number of rotatable bonds is 4. The lowest BCUT2D eigenvalue weighted by Gasteiger charge is -2.21. The molecule has 0 aliphatic rings. The lowest BCUT2D eigenvalue weighted by molar-refractivity contribution is 0.628. The second-order valence-electron chi connectivity index (χ2n) is 6.08. The Hall–Kier alpha value is -3.14. The van der Waals surface area contributed by atoms with Gasteiger partial charge in [0.15, 0.2) is 0 Å². The van der Waals surface area contributed by atoms with Gasteiger partial charge in [-0.05, 0) is 48.9 Å². The summed E-state index contributed by atoms with van der Waals surface area (Å²) >= 11 is 0. The molecule has 3 nitrogen and oxygen atoms in total. The van der Waals surface area contributed by atoms with Crippen molar-refractivity contribution in [2.75, 3.05) is 5.32 Å². The maximum atomic E-state index is 13.6. The molecule has 0 saturated heterocycles. The van der Waals surface area contributed by atoms with Crippen molar-refractivity contribution in [2.45, 2.75) is 13.0 Å². The number of nitrogens with one attached hydrogen (secondary N) is 2. The van der Waals surface area contributed by atoms with Crippen LogP contribution in [0.2, 0.25) is 0 Å². The lowest BCUT2D eigenvalue weighted by Crippen LogP contribution is -2.13. The van der Waals surface area contributed by atoms with E-state index in [1.807, 2.05) is 30.3 Å². The maximum absolute atomic E-state index is 13.6. The van der Waals surface area contributed by atoms with E-state index in [1.54, 1.807) is 18.5 Å². The molecule has 0 aliphatic heterocycles. The highest BCUT2D eigenvalue weighted by Crippen LogP contribution is 2.34. The summed E-state index contributed by atoms with van der Waals surface area (Å²) in [6, 6.07) is 18.6. The number of aromatic nitrogens is 2. The van der Waals surface area contributed by atoms with Crippen LogP contribution in [-0.2, 0) is 0 Å². The molecular weight excluding hydrogens is 313 g/mol. The lowest BCUT2D eigenvalue weighted by atomic mass is 9.96. The largest absolute Gasteiger partial charge is 0.374 e. The Morgan fingerprint density at radius 2 is 1.80 bits per heavy atom.